The van der Waals surface area contributed by atoms with E-state index in [1.54, 1.807) is 12.1 Å². The van der Waals surface area contributed by atoms with Crippen LogP contribution < -0.4 is 5.73 Å². The maximum Gasteiger partial charge on any atom is 0.252 e. The molecule has 2 heterocycles. The fourth-order valence-electron chi connectivity index (χ4n) is 1.75. The molecule has 0 amide bonds. The van der Waals surface area contributed by atoms with Crippen LogP contribution in [0.4, 0.5) is 0 Å². The molecule has 0 radical (unpaired) electrons. The Kier molecular flexibility index (Phi) is 4.02. The van der Waals surface area contributed by atoms with E-state index in [0.717, 1.165) is 24.4 Å². The van der Waals surface area contributed by atoms with E-state index < -0.39 is 10.0 Å². The van der Waals surface area contributed by atoms with Crippen molar-refractivity contribution in [3.8, 4) is 0 Å². The molecule has 1 aromatic heterocycles. The second-order valence-corrected chi connectivity index (χ2v) is 7.88. The highest BCUT2D eigenvalue weighted by Crippen LogP contribution is 2.25. The molecule has 0 unspecified atom stereocenters. The number of nitrogens with zero attached hydrogens (tertiary/aromatic N) is 2. The maximum atomic E-state index is 12.4. The number of hydrogen-bond donors (Lipinski definition) is 1. The van der Waals surface area contributed by atoms with Gasteiger partial charge in [-0.05, 0) is 19.2 Å². The average Bonchev–Trinajstić information content (AvgIpc) is 2.79. The Balaban J connectivity index is 2.22. The fraction of sp³-hybridized carbons (Fsp3) is 0.500. The minimum Gasteiger partial charge on any atom is -0.389 e. The van der Waals surface area contributed by atoms with Crippen molar-refractivity contribution in [1.82, 2.24) is 9.21 Å². The topological polar surface area (TPSA) is 66.6 Å². The molecule has 8 heteroatoms. The Labute approximate surface area is 116 Å². The molecule has 0 saturated carbocycles. The van der Waals surface area contributed by atoms with Crippen LogP contribution >= 0.6 is 23.6 Å². The number of thiocarbonyl (C=S) groups is 1. The van der Waals surface area contributed by atoms with Gasteiger partial charge in [0.1, 0.15) is 9.20 Å². The highest BCUT2D eigenvalue weighted by Gasteiger charge is 2.28. The van der Waals surface area contributed by atoms with E-state index >= 15 is 0 Å². The first-order valence-corrected chi connectivity index (χ1v) is 8.16. The van der Waals surface area contributed by atoms with Gasteiger partial charge >= 0.3 is 0 Å². The number of nitrogens with two attached hydrogens (primary N) is 1. The van der Waals surface area contributed by atoms with Crippen molar-refractivity contribution >= 4 is 38.6 Å². The highest BCUT2D eigenvalue weighted by molar-refractivity contribution is 7.91. The lowest BCUT2D eigenvalue weighted by atomic mass is 10.4. The van der Waals surface area contributed by atoms with Gasteiger partial charge in [0.15, 0.2) is 0 Å². The van der Waals surface area contributed by atoms with Crippen LogP contribution in [0.2, 0.25) is 0 Å². The molecule has 0 spiro atoms. The van der Waals surface area contributed by atoms with Gasteiger partial charge in [-0.3, -0.25) is 0 Å². The van der Waals surface area contributed by atoms with Crippen molar-refractivity contribution in [2.24, 2.45) is 5.73 Å². The summed E-state index contributed by atoms with van der Waals surface area (Å²) in [5.74, 6) is 0. The second-order valence-electron chi connectivity index (χ2n) is 4.19. The molecule has 0 atom stereocenters. The molecule has 1 aromatic rings. The third-order valence-corrected chi connectivity index (χ3v) is 6.71. The summed E-state index contributed by atoms with van der Waals surface area (Å²) in [4.78, 5) is 2.98. The molecule has 0 aliphatic carbocycles. The maximum absolute atomic E-state index is 12.4. The summed E-state index contributed by atoms with van der Waals surface area (Å²) < 4.78 is 26.6. The molecule has 1 aliphatic rings. The molecular weight excluding hydrogens is 290 g/mol. The van der Waals surface area contributed by atoms with Gasteiger partial charge in [0.05, 0.1) is 4.88 Å². The summed E-state index contributed by atoms with van der Waals surface area (Å²) in [6.45, 7) is 2.57. The van der Waals surface area contributed by atoms with Crippen LogP contribution in [-0.4, -0.2) is 55.8 Å². The molecule has 0 bridgehead atoms. The Morgan fingerprint density at radius 1 is 1.33 bits per heavy atom. The van der Waals surface area contributed by atoms with Gasteiger partial charge in [-0.15, -0.1) is 11.3 Å². The SMILES string of the molecule is CN1CCN(S(=O)(=O)c2ccc(C(N)=S)s2)CC1. The van der Waals surface area contributed by atoms with Crippen LogP contribution in [-0.2, 0) is 10.0 Å². The number of thiophene rings is 1. The summed E-state index contributed by atoms with van der Waals surface area (Å²) in [6, 6.07) is 3.24. The van der Waals surface area contributed by atoms with Gasteiger partial charge in [0.2, 0.25) is 0 Å². The zero-order chi connectivity index (χ0) is 13.3. The monoisotopic (exact) mass is 305 g/mol. The van der Waals surface area contributed by atoms with Crippen molar-refractivity contribution in [2.45, 2.75) is 4.21 Å². The number of piperazine rings is 1. The first-order valence-electron chi connectivity index (χ1n) is 5.49. The predicted octanol–water partition coefficient (Wildman–Crippen LogP) is 0.318. The zero-order valence-corrected chi connectivity index (χ0v) is 12.4. The highest BCUT2D eigenvalue weighted by atomic mass is 32.2. The lowest BCUT2D eigenvalue weighted by molar-refractivity contribution is 0.222. The Morgan fingerprint density at radius 2 is 1.94 bits per heavy atom. The largest absolute Gasteiger partial charge is 0.389 e. The van der Waals surface area contributed by atoms with Gasteiger partial charge in [0.25, 0.3) is 10.0 Å². The lowest BCUT2D eigenvalue weighted by Gasteiger charge is -2.31. The Bertz CT molecular complexity index is 544. The minimum absolute atomic E-state index is 0.236. The zero-order valence-electron chi connectivity index (χ0n) is 10.00. The van der Waals surface area contributed by atoms with Gasteiger partial charge in [-0.1, -0.05) is 12.2 Å². The molecule has 1 fully saturated rings. The summed E-state index contributed by atoms with van der Waals surface area (Å²) >= 11 is 5.98. The van der Waals surface area contributed by atoms with Gasteiger partial charge in [-0.25, -0.2) is 8.42 Å². The van der Waals surface area contributed by atoms with E-state index in [-0.39, 0.29) is 4.99 Å². The molecule has 1 saturated heterocycles. The molecule has 2 N–H and O–H groups in total. The van der Waals surface area contributed by atoms with Crippen LogP contribution in [0.25, 0.3) is 0 Å². The van der Waals surface area contributed by atoms with E-state index in [9.17, 15) is 8.42 Å². The van der Waals surface area contributed by atoms with Gasteiger partial charge in [-0.2, -0.15) is 4.31 Å². The first-order chi connectivity index (χ1) is 8.41. The van der Waals surface area contributed by atoms with Crippen LogP contribution in [0.1, 0.15) is 4.88 Å². The first kappa shape index (κ1) is 13.9. The molecule has 0 aromatic carbocycles. The number of rotatable bonds is 3. The number of likely N-dealkylation sites (N-methyl/N-ethyl adjacent to an activating group) is 1. The molecule has 100 valence electrons. The van der Waals surface area contributed by atoms with E-state index in [2.05, 4.69) is 4.90 Å². The quantitative estimate of drug-likeness (QED) is 0.815. The minimum atomic E-state index is -3.39. The smallest absolute Gasteiger partial charge is 0.252 e. The average molecular weight is 305 g/mol. The predicted molar refractivity (Wildman–Crippen MR) is 76.5 cm³/mol. The third-order valence-electron chi connectivity index (χ3n) is 2.88. The molecule has 5 nitrogen and oxygen atoms in total. The van der Waals surface area contributed by atoms with Crippen LogP contribution in [0.3, 0.4) is 0 Å². The van der Waals surface area contributed by atoms with Crippen molar-refractivity contribution < 1.29 is 8.42 Å². The van der Waals surface area contributed by atoms with Gasteiger partial charge in [0, 0.05) is 26.2 Å². The second kappa shape index (κ2) is 5.22. The van der Waals surface area contributed by atoms with E-state index in [1.807, 2.05) is 7.05 Å². The van der Waals surface area contributed by atoms with Crippen molar-refractivity contribution in [1.29, 1.82) is 0 Å². The summed E-state index contributed by atoms with van der Waals surface area (Å²) in [5.41, 5.74) is 5.49. The Morgan fingerprint density at radius 3 is 2.44 bits per heavy atom. The molecular formula is C10H15N3O2S3. The third kappa shape index (κ3) is 2.72. The van der Waals surface area contributed by atoms with E-state index in [4.69, 9.17) is 18.0 Å². The summed E-state index contributed by atoms with van der Waals surface area (Å²) in [5, 5.41) is 0. The molecule has 1 aliphatic heterocycles. The fourth-order valence-corrected chi connectivity index (χ4v) is 4.67. The Hall–Kier alpha value is -0.540. The standard InChI is InChI=1S/C10H15N3O2S3/c1-12-4-6-13(7-5-12)18(14,15)9-3-2-8(17-9)10(11)16/h2-3H,4-7H2,1H3,(H2,11,16). The summed E-state index contributed by atoms with van der Waals surface area (Å²) in [7, 11) is -1.40. The van der Waals surface area contributed by atoms with E-state index in [0.29, 0.717) is 22.2 Å². The van der Waals surface area contributed by atoms with Crippen LogP contribution in [0.5, 0.6) is 0 Å². The number of sulfonamides is 1. The lowest BCUT2D eigenvalue weighted by Crippen LogP contribution is -2.46. The van der Waals surface area contributed by atoms with Crippen LogP contribution in [0.15, 0.2) is 16.3 Å². The van der Waals surface area contributed by atoms with Crippen LogP contribution in [0, 0.1) is 0 Å². The summed E-state index contributed by atoms with van der Waals surface area (Å²) in [6.07, 6.45) is 0. The molecule has 18 heavy (non-hydrogen) atoms. The van der Waals surface area contributed by atoms with Gasteiger partial charge < -0.3 is 10.6 Å². The van der Waals surface area contributed by atoms with E-state index in [1.165, 1.54) is 4.31 Å². The van der Waals surface area contributed by atoms with Crippen molar-refractivity contribution in [2.75, 3.05) is 33.2 Å². The van der Waals surface area contributed by atoms with Crippen molar-refractivity contribution in [3.63, 3.8) is 0 Å². The molecule has 2 rings (SSSR count). The number of hydrogen-bond acceptors (Lipinski definition) is 5. The van der Waals surface area contributed by atoms with Crippen molar-refractivity contribution in [3.05, 3.63) is 17.0 Å². The normalized spacial score (nSPS) is 18.9.